The molecule has 3 aromatic rings. The van der Waals surface area contributed by atoms with Crippen molar-refractivity contribution in [3.63, 3.8) is 0 Å². The number of carbonyl (C=O) groups excluding carboxylic acids is 1. The van der Waals surface area contributed by atoms with Crippen LogP contribution >= 0.6 is 22.9 Å². The molecular formula is C17H10ClFOS. The molecule has 3 rings (SSSR count). The first kappa shape index (κ1) is 14.0. The summed E-state index contributed by atoms with van der Waals surface area (Å²) in [6, 6.07) is 13.1. The molecule has 0 N–H and O–H groups in total. The monoisotopic (exact) mass is 316 g/mol. The second-order valence-corrected chi connectivity index (χ2v) is 6.13. The van der Waals surface area contributed by atoms with E-state index in [9.17, 15) is 9.18 Å². The molecule has 0 atom stereocenters. The van der Waals surface area contributed by atoms with Gasteiger partial charge in [-0.15, -0.1) is 11.3 Å². The van der Waals surface area contributed by atoms with Gasteiger partial charge in [0.15, 0.2) is 0 Å². The molecule has 0 bridgehead atoms. The molecule has 1 nitrogen and oxygen atoms in total. The van der Waals surface area contributed by atoms with E-state index in [0.717, 1.165) is 10.1 Å². The minimum Gasteiger partial charge on any atom is -0.288 e. The van der Waals surface area contributed by atoms with E-state index in [1.54, 1.807) is 18.2 Å². The Balaban J connectivity index is 1.96. The lowest BCUT2D eigenvalue weighted by atomic mass is 10.0. The second kappa shape index (κ2) is 5.43. The zero-order chi connectivity index (χ0) is 15.0. The first-order chi connectivity index (χ1) is 10.0. The van der Waals surface area contributed by atoms with Crippen LogP contribution in [0.1, 0.15) is 15.2 Å². The van der Waals surface area contributed by atoms with Gasteiger partial charge >= 0.3 is 0 Å². The maximum absolute atomic E-state index is 12.9. The Bertz CT molecular complexity index is 849. The highest BCUT2D eigenvalue weighted by Gasteiger charge is 2.15. The van der Waals surface area contributed by atoms with Crippen molar-refractivity contribution < 1.29 is 9.18 Å². The van der Waals surface area contributed by atoms with Crippen LogP contribution in [0, 0.1) is 5.82 Å². The van der Waals surface area contributed by atoms with Crippen LogP contribution in [0.4, 0.5) is 4.39 Å². The van der Waals surface area contributed by atoms with Crippen LogP contribution in [0.25, 0.3) is 15.7 Å². The molecule has 0 spiro atoms. The van der Waals surface area contributed by atoms with Gasteiger partial charge in [-0.3, -0.25) is 4.79 Å². The van der Waals surface area contributed by atoms with Gasteiger partial charge < -0.3 is 0 Å². The second-order valence-electron chi connectivity index (χ2n) is 4.61. The van der Waals surface area contributed by atoms with E-state index in [4.69, 9.17) is 11.6 Å². The third-order valence-corrected chi connectivity index (χ3v) is 4.50. The number of ketones is 1. The summed E-state index contributed by atoms with van der Waals surface area (Å²) in [5, 5.41) is 1.61. The molecule has 0 fully saturated rings. The van der Waals surface area contributed by atoms with E-state index in [1.165, 1.54) is 23.5 Å². The van der Waals surface area contributed by atoms with Crippen LogP contribution in [0.3, 0.4) is 0 Å². The van der Waals surface area contributed by atoms with Crippen LogP contribution < -0.4 is 0 Å². The summed E-state index contributed by atoms with van der Waals surface area (Å²) in [5.74, 6) is -0.491. The molecule has 0 aliphatic rings. The van der Waals surface area contributed by atoms with Gasteiger partial charge in [-0.25, -0.2) is 4.39 Å². The van der Waals surface area contributed by atoms with Crippen LogP contribution in [-0.4, -0.2) is 5.78 Å². The lowest BCUT2D eigenvalue weighted by Crippen LogP contribution is -1.99. The van der Waals surface area contributed by atoms with Gasteiger partial charge in [0.2, 0.25) is 5.78 Å². The van der Waals surface area contributed by atoms with Gasteiger partial charge in [0.25, 0.3) is 0 Å². The first-order valence-corrected chi connectivity index (χ1v) is 7.43. The standard InChI is InChI=1S/C17H10ClFOS/c1-10(11-3-6-14(19)7-4-11)17(20)16-8-12-2-5-13(18)9-15(12)21-16/h2-9H,1H2. The largest absolute Gasteiger partial charge is 0.288 e. The fourth-order valence-corrected chi connectivity index (χ4v) is 3.35. The number of carbonyl (C=O) groups is 1. The Morgan fingerprint density at radius 3 is 2.52 bits per heavy atom. The van der Waals surface area contributed by atoms with Crippen LogP contribution in [0.15, 0.2) is 55.1 Å². The Morgan fingerprint density at radius 2 is 1.81 bits per heavy atom. The molecule has 0 saturated carbocycles. The van der Waals surface area contributed by atoms with Crippen molar-refractivity contribution in [3.8, 4) is 0 Å². The van der Waals surface area contributed by atoms with Crippen molar-refractivity contribution >= 4 is 44.4 Å². The molecule has 2 aromatic carbocycles. The predicted octanol–water partition coefficient (Wildman–Crippen LogP) is 5.59. The minimum atomic E-state index is -0.337. The number of rotatable bonds is 3. The van der Waals surface area contributed by atoms with Crippen LogP contribution in [0.2, 0.25) is 5.02 Å². The Labute approximate surface area is 130 Å². The zero-order valence-corrected chi connectivity index (χ0v) is 12.5. The van der Waals surface area contributed by atoms with Gasteiger partial charge in [-0.2, -0.15) is 0 Å². The lowest BCUT2D eigenvalue weighted by Gasteiger charge is -2.03. The molecule has 21 heavy (non-hydrogen) atoms. The summed E-state index contributed by atoms with van der Waals surface area (Å²) in [5.41, 5.74) is 0.976. The Kier molecular flexibility index (Phi) is 3.62. The summed E-state index contributed by atoms with van der Waals surface area (Å²) < 4.78 is 13.9. The normalized spacial score (nSPS) is 10.8. The van der Waals surface area contributed by atoms with Gasteiger partial charge in [-0.05, 0) is 41.3 Å². The number of fused-ring (bicyclic) bond motifs is 1. The van der Waals surface area contributed by atoms with E-state index < -0.39 is 0 Å². The molecule has 4 heteroatoms. The summed E-state index contributed by atoms with van der Waals surface area (Å²) in [7, 11) is 0. The smallest absolute Gasteiger partial charge is 0.202 e. The Morgan fingerprint density at radius 1 is 1.10 bits per heavy atom. The van der Waals surface area contributed by atoms with Crippen LogP contribution in [0.5, 0.6) is 0 Å². The van der Waals surface area contributed by atoms with Crippen molar-refractivity contribution in [2.75, 3.05) is 0 Å². The highest BCUT2D eigenvalue weighted by atomic mass is 35.5. The summed E-state index contributed by atoms with van der Waals surface area (Å²) in [6.07, 6.45) is 0. The van der Waals surface area contributed by atoms with Crippen molar-refractivity contribution in [3.05, 3.63) is 76.4 Å². The van der Waals surface area contributed by atoms with E-state index in [1.807, 2.05) is 18.2 Å². The number of thiophene rings is 1. The molecule has 0 radical (unpaired) electrons. The van der Waals surface area contributed by atoms with Crippen molar-refractivity contribution in [1.82, 2.24) is 0 Å². The average Bonchev–Trinajstić information content (AvgIpc) is 2.89. The van der Waals surface area contributed by atoms with E-state index in [-0.39, 0.29) is 11.6 Å². The molecule has 104 valence electrons. The molecule has 1 aromatic heterocycles. The molecule has 0 saturated heterocycles. The number of halogens is 2. The maximum Gasteiger partial charge on any atom is 0.202 e. The quantitative estimate of drug-likeness (QED) is 0.454. The van der Waals surface area contributed by atoms with Gasteiger partial charge in [-0.1, -0.05) is 36.4 Å². The van der Waals surface area contributed by atoms with Crippen molar-refractivity contribution in [2.45, 2.75) is 0 Å². The number of hydrogen-bond donors (Lipinski definition) is 0. The van der Waals surface area contributed by atoms with Gasteiger partial charge in [0.05, 0.1) is 4.88 Å². The summed E-state index contributed by atoms with van der Waals surface area (Å²) in [6.45, 7) is 3.83. The summed E-state index contributed by atoms with van der Waals surface area (Å²) >= 11 is 7.33. The van der Waals surface area contributed by atoms with Crippen LogP contribution in [-0.2, 0) is 0 Å². The number of allylic oxidation sites excluding steroid dienone is 1. The average molecular weight is 317 g/mol. The van der Waals surface area contributed by atoms with Crippen molar-refractivity contribution in [1.29, 1.82) is 0 Å². The zero-order valence-electron chi connectivity index (χ0n) is 10.9. The third kappa shape index (κ3) is 2.75. The lowest BCUT2D eigenvalue weighted by molar-refractivity contribution is 0.106. The van der Waals surface area contributed by atoms with E-state index in [0.29, 0.717) is 21.0 Å². The third-order valence-electron chi connectivity index (χ3n) is 3.17. The van der Waals surface area contributed by atoms with Gasteiger partial charge in [0.1, 0.15) is 5.82 Å². The molecule has 1 heterocycles. The maximum atomic E-state index is 12.9. The van der Waals surface area contributed by atoms with E-state index in [2.05, 4.69) is 6.58 Å². The SMILES string of the molecule is C=C(C(=O)c1cc2ccc(Cl)cc2s1)c1ccc(F)cc1. The molecule has 0 aliphatic carbocycles. The number of hydrogen-bond acceptors (Lipinski definition) is 2. The molecule has 0 unspecified atom stereocenters. The fourth-order valence-electron chi connectivity index (χ4n) is 2.05. The highest BCUT2D eigenvalue weighted by Crippen LogP contribution is 2.31. The predicted molar refractivity (Wildman–Crippen MR) is 86.6 cm³/mol. The van der Waals surface area contributed by atoms with Gasteiger partial charge in [0, 0.05) is 15.3 Å². The highest BCUT2D eigenvalue weighted by molar-refractivity contribution is 7.21. The molecule has 0 aliphatic heterocycles. The van der Waals surface area contributed by atoms with E-state index >= 15 is 0 Å². The topological polar surface area (TPSA) is 17.1 Å². The Hall–Kier alpha value is -1.97. The molecular weight excluding hydrogens is 307 g/mol. The minimum absolute atomic E-state index is 0.154. The summed E-state index contributed by atoms with van der Waals surface area (Å²) in [4.78, 5) is 13.1. The molecule has 0 amide bonds. The van der Waals surface area contributed by atoms with Crippen molar-refractivity contribution in [2.24, 2.45) is 0 Å². The fraction of sp³-hybridized carbons (Fsp3) is 0. The first-order valence-electron chi connectivity index (χ1n) is 6.23. The number of benzene rings is 2. The number of Topliss-reactive ketones (excluding diaryl/α,β-unsaturated/α-hetero) is 1.